The number of para-hydroxylation sites is 2. The average Bonchev–Trinajstić information content (AvgIpc) is 2.95. The fourth-order valence-electron chi connectivity index (χ4n) is 3.78. The van der Waals surface area contributed by atoms with Crippen molar-refractivity contribution < 1.29 is 32.7 Å². The van der Waals surface area contributed by atoms with Crippen molar-refractivity contribution in [2.24, 2.45) is 0 Å². The molecule has 0 saturated heterocycles. The second-order valence-electron chi connectivity index (χ2n) is 8.01. The molecule has 0 saturated carbocycles. The first kappa shape index (κ1) is 28.1. The van der Waals surface area contributed by atoms with Crippen molar-refractivity contribution in [3.05, 3.63) is 133 Å². The summed E-state index contributed by atoms with van der Waals surface area (Å²) in [6.45, 7) is 0. The van der Waals surface area contributed by atoms with Gasteiger partial charge in [0.05, 0.1) is 5.56 Å². The van der Waals surface area contributed by atoms with E-state index >= 15 is 0 Å². The van der Waals surface area contributed by atoms with Gasteiger partial charge in [-0.15, -0.1) is 0 Å². The van der Waals surface area contributed by atoms with Crippen LogP contribution in [-0.2, 0) is 13.4 Å². The fraction of sp³-hybridized carbons (Fsp3) is 0. The molecule has 5 rings (SSSR count). The Morgan fingerprint density at radius 2 is 0.923 bits per heavy atom. The molecule has 7 nitrogen and oxygen atoms in total. The van der Waals surface area contributed by atoms with Crippen LogP contribution >= 0.6 is 16.5 Å². The third-order valence-corrected chi connectivity index (χ3v) is 6.77. The van der Waals surface area contributed by atoms with Crippen LogP contribution in [0.5, 0.6) is 23.0 Å². The zero-order valence-electron chi connectivity index (χ0n) is 20.6. The van der Waals surface area contributed by atoms with E-state index in [1.54, 1.807) is 0 Å². The van der Waals surface area contributed by atoms with Gasteiger partial charge in [0.2, 0.25) is 0 Å². The molecule has 0 heterocycles. The van der Waals surface area contributed by atoms with Gasteiger partial charge < -0.3 is 19.3 Å². The van der Waals surface area contributed by atoms with E-state index in [9.17, 15) is 9.13 Å². The van der Waals surface area contributed by atoms with E-state index in [2.05, 4.69) is 34.6 Å². The molecule has 2 unspecified atom stereocenters. The standard InChI is InChI=1S/C30H22O2.H4O5P2/c1-5-13-23(14-6-1)27-21-22-28(31-25-17-9-3-10-18-25)29(24-15-7-2-8-16-24)30(27)32-26-19-11-4-12-20-26;1-6(2)5-7(3)4/h1-22H;6-7H,(H,1,2)(H,3,4). The monoisotopic (exact) mass is 560 g/mol. The summed E-state index contributed by atoms with van der Waals surface area (Å²) >= 11 is 0. The maximum absolute atomic E-state index is 9.44. The number of rotatable bonds is 8. The lowest BCUT2D eigenvalue weighted by atomic mass is 9.96. The minimum absolute atomic E-state index is 0.744. The summed E-state index contributed by atoms with van der Waals surface area (Å²) in [6.07, 6.45) is 0. The van der Waals surface area contributed by atoms with Gasteiger partial charge in [0.25, 0.3) is 0 Å². The van der Waals surface area contributed by atoms with Crippen LogP contribution in [-0.4, -0.2) is 9.79 Å². The maximum atomic E-state index is 9.44. The lowest BCUT2D eigenvalue weighted by Crippen LogP contribution is -1.96. The van der Waals surface area contributed by atoms with Crippen molar-refractivity contribution in [3.63, 3.8) is 0 Å². The van der Waals surface area contributed by atoms with Crippen LogP contribution in [0.4, 0.5) is 0 Å². The topological polar surface area (TPSA) is 102 Å². The molecule has 0 spiro atoms. The summed E-state index contributed by atoms with van der Waals surface area (Å²) < 4.78 is 35.2. The molecule has 0 amide bonds. The molecule has 0 radical (unpaired) electrons. The summed E-state index contributed by atoms with van der Waals surface area (Å²) in [7, 11) is -6.40. The quantitative estimate of drug-likeness (QED) is 0.184. The first-order valence-electron chi connectivity index (χ1n) is 11.9. The van der Waals surface area contributed by atoms with Gasteiger partial charge >= 0.3 is 16.5 Å². The van der Waals surface area contributed by atoms with Gasteiger partial charge in [-0.2, -0.15) is 0 Å². The Bertz CT molecular complexity index is 1500. The van der Waals surface area contributed by atoms with Crippen LogP contribution in [0.1, 0.15) is 0 Å². The zero-order chi connectivity index (χ0) is 27.5. The van der Waals surface area contributed by atoms with Gasteiger partial charge in [-0.25, -0.2) is 4.31 Å². The van der Waals surface area contributed by atoms with E-state index in [0.717, 1.165) is 45.3 Å². The summed E-state index contributed by atoms with van der Waals surface area (Å²) in [6, 6.07) is 44.3. The molecular weight excluding hydrogens is 534 g/mol. The Labute approximate surface area is 227 Å². The molecule has 9 heteroatoms. The molecular formula is C30H26O7P2. The summed E-state index contributed by atoms with van der Waals surface area (Å²) in [5.74, 6) is 3.07. The highest BCUT2D eigenvalue weighted by molar-refractivity contribution is 7.46. The highest BCUT2D eigenvalue weighted by Gasteiger charge is 2.20. The molecule has 2 atom stereocenters. The van der Waals surface area contributed by atoms with E-state index in [-0.39, 0.29) is 0 Å². The predicted molar refractivity (Wildman–Crippen MR) is 154 cm³/mol. The Balaban J connectivity index is 0.000000448. The lowest BCUT2D eigenvalue weighted by molar-refractivity contribution is 0.371. The van der Waals surface area contributed by atoms with E-state index in [1.165, 1.54) is 0 Å². The molecule has 0 fully saturated rings. The Kier molecular flexibility index (Phi) is 10.3. The van der Waals surface area contributed by atoms with Gasteiger partial charge in [-0.3, -0.25) is 9.13 Å². The first-order valence-corrected chi connectivity index (χ1v) is 14.4. The van der Waals surface area contributed by atoms with Crippen LogP contribution in [0, 0.1) is 0 Å². The van der Waals surface area contributed by atoms with E-state index in [4.69, 9.17) is 19.3 Å². The SMILES string of the molecule is O=[PH](O)O[PH](=O)O.c1ccc(Oc2ccc(-c3ccccc3)c(Oc3ccccc3)c2-c2ccccc2)cc1. The highest BCUT2D eigenvalue weighted by Crippen LogP contribution is 2.47. The van der Waals surface area contributed by atoms with Crippen molar-refractivity contribution in [3.8, 4) is 45.3 Å². The van der Waals surface area contributed by atoms with Crippen molar-refractivity contribution in [1.29, 1.82) is 0 Å². The van der Waals surface area contributed by atoms with E-state index in [0.29, 0.717) is 0 Å². The Hall–Kier alpha value is -3.96. The molecule has 198 valence electrons. The van der Waals surface area contributed by atoms with Gasteiger partial charge in [-0.05, 0) is 47.5 Å². The maximum Gasteiger partial charge on any atom is 0.323 e. The summed E-state index contributed by atoms with van der Waals surface area (Å²) in [4.78, 5) is 15.4. The van der Waals surface area contributed by atoms with Gasteiger partial charge in [0, 0.05) is 5.56 Å². The normalized spacial score (nSPS) is 11.9. The van der Waals surface area contributed by atoms with Crippen molar-refractivity contribution in [1.82, 2.24) is 0 Å². The second kappa shape index (κ2) is 14.3. The predicted octanol–water partition coefficient (Wildman–Crippen LogP) is 8.37. The molecule has 0 aliphatic rings. The molecule has 0 aliphatic heterocycles. The number of hydrogen-bond acceptors (Lipinski definition) is 5. The van der Waals surface area contributed by atoms with Gasteiger partial charge in [0.1, 0.15) is 23.0 Å². The van der Waals surface area contributed by atoms with E-state index < -0.39 is 16.5 Å². The largest absolute Gasteiger partial charge is 0.457 e. The molecule has 5 aromatic rings. The number of benzene rings is 5. The van der Waals surface area contributed by atoms with E-state index in [1.807, 2.05) is 103 Å². The van der Waals surface area contributed by atoms with Gasteiger partial charge in [-0.1, -0.05) is 97.1 Å². The fourth-order valence-corrected chi connectivity index (χ4v) is 4.37. The van der Waals surface area contributed by atoms with Crippen molar-refractivity contribution >= 4 is 16.5 Å². The van der Waals surface area contributed by atoms with Crippen LogP contribution in [0.2, 0.25) is 0 Å². The minimum Gasteiger partial charge on any atom is -0.457 e. The summed E-state index contributed by atoms with van der Waals surface area (Å²) in [5, 5.41) is 0. The smallest absolute Gasteiger partial charge is 0.323 e. The molecule has 39 heavy (non-hydrogen) atoms. The zero-order valence-corrected chi connectivity index (χ0v) is 22.6. The molecule has 2 N–H and O–H groups in total. The molecule has 0 bridgehead atoms. The Morgan fingerprint density at radius 1 is 0.487 bits per heavy atom. The number of hydrogen-bond donors (Lipinski definition) is 2. The van der Waals surface area contributed by atoms with Gasteiger partial charge in [0.15, 0.2) is 0 Å². The van der Waals surface area contributed by atoms with Crippen LogP contribution in [0.15, 0.2) is 133 Å². The van der Waals surface area contributed by atoms with Crippen molar-refractivity contribution in [2.75, 3.05) is 0 Å². The second-order valence-corrected chi connectivity index (χ2v) is 9.89. The first-order chi connectivity index (χ1) is 19.0. The number of ether oxygens (including phenoxy) is 2. The molecule has 5 aromatic carbocycles. The third kappa shape index (κ3) is 8.26. The Morgan fingerprint density at radius 3 is 1.38 bits per heavy atom. The van der Waals surface area contributed by atoms with Crippen LogP contribution < -0.4 is 9.47 Å². The van der Waals surface area contributed by atoms with Crippen molar-refractivity contribution in [2.45, 2.75) is 0 Å². The average molecular weight is 560 g/mol. The minimum atomic E-state index is -3.20. The summed E-state index contributed by atoms with van der Waals surface area (Å²) in [5.41, 5.74) is 4.04. The van der Waals surface area contributed by atoms with Crippen LogP contribution in [0.3, 0.4) is 0 Å². The lowest BCUT2D eigenvalue weighted by Gasteiger charge is -2.20. The molecule has 0 aliphatic carbocycles. The van der Waals surface area contributed by atoms with Crippen LogP contribution in [0.25, 0.3) is 22.3 Å². The highest BCUT2D eigenvalue weighted by atomic mass is 31.2. The molecule has 0 aromatic heterocycles. The third-order valence-electron chi connectivity index (χ3n) is 5.38.